The van der Waals surface area contributed by atoms with Gasteiger partial charge in [-0.3, -0.25) is 0 Å². The summed E-state index contributed by atoms with van der Waals surface area (Å²) < 4.78 is 25.1. The van der Waals surface area contributed by atoms with E-state index >= 15 is 0 Å². The molecule has 5 atom stereocenters. The Balaban J connectivity index is 1.46. The number of ether oxygens (including phenoxy) is 4. The van der Waals surface area contributed by atoms with E-state index in [1.807, 2.05) is 24.7 Å². The van der Waals surface area contributed by atoms with Crippen LogP contribution in [-0.2, 0) is 25.5 Å². The van der Waals surface area contributed by atoms with Crippen molar-refractivity contribution in [3.05, 3.63) is 24.0 Å². The lowest BCUT2D eigenvalue weighted by atomic mass is 9.94. The van der Waals surface area contributed by atoms with E-state index < -0.39 is 12.1 Å². The Morgan fingerprint density at radius 3 is 2.92 bits per heavy atom. The minimum absolute atomic E-state index is 0.160. The molecule has 3 heterocycles. The standard InChI is InChI=1S/C17H25N3O4/c1-17(2)23-14-13(22-16(21-3)15(14)24-17)10-20-9-12(18-19-20)11-7-5-4-6-8-11/h5,7,9,11,13-16H,4,6,8,10H2,1-3H3/t11?,13-,14?,15?,16-/m1/s1. The van der Waals surface area contributed by atoms with Crippen molar-refractivity contribution in [2.24, 2.45) is 0 Å². The van der Waals surface area contributed by atoms with Gasteiger partial charge in [0.25, 0.3) is 0 Å². The van der Waals surface area contributed by atoms with Gasteiger partial charge < -0.3 is 18.9 Å². The summed E-state index contributed by atoms with van der Waals surface area (Å²) in [5.74, 6) is -0.240. The highest BCUT2D eigenvalue weighted by Gasteiger charge is 2.55. The molecule has 2 saturated heterocycles. The summed E-state index contributed by atoms with van der Waals surface area (Å²) in [5, 5.41) is 8.61. The lowest BCUT2D eigenvalue weighted by Gasteiger charge is -2.23. The second kappa shape index (κ2) is 6.22. The summed E-state index contributed by atoms with van der Waals surface area (Å²) in [6, 6.07) is 0. The quantitative estimate of drug-likeness (QED) is 0.784. The maximum Gasteiger partial charge on any atom is 0.186 e. The SMILES string of the molecule is CO[C@@H]1O[C@H](Cn2cc(C3C=CCCC3)nn2)C2OC(C)(C)OC21. The largest absolute Gasteiger partial charge is 0.353 e. The van der Waals surface area contributed by atoms with E-state index in [1.165, 1.54) is 6.42 Å². The Hall–Kier alpha value is -1.28. The zero-order chi connectivity index (χ0) is 16.7. The average Bonchev–Trinajstić information content (AvgIpc) is 3.23. The number of nitrogens with zero attached hydrogens (tertiary/aromatic N) is 3. The fraction of sp³-hybridized carbons (Fsp3) is 0.765. The number of methoxy groups -OCH3 is 1. The number of allylic oxidation sites excluding steroid dienone is 2. The molecule has 1 aromatic rings. The highest BCUT2D eigenvalue weighted by molar-refractivity contribution is 5.13. The number of hydrogen-bond donors (Lipinski definition) is 0. The topological polar surface area (TPSA) is 67.6 Å². The van der Waals surface area contributed by atoms with Gasteiger partial charge in [-0.25, -0.2) is 4.68 Å². The molecule has 2 aliphatic heterocycles. The van der Waals surface area contributed by atoms with Crippen molar-refractivity contribution in [3.8, 4) is 0 Å². The average molecular weight is 335 g/mol. The van der Waals surface area contributed by atoms with Gasteiger partial charge in [0, 0.05) is 19.2 Å². The molecule has 1 aliphatic carbocycles. The predicted molar refractivity (Wildman–Crippen MR) is 85.2 cm³/mol. The van der Waals surface area contributed by atoms with Gasteiger partial charge in [0.05, 0.1) is 12.2 Å². The molecule has 0 N–H and O–H groups in total. The Morgan fingerprint density at radius 1 is 1.33 bits per heavy atom. The lowest BCUT2D eigenvalue weighted by molar-refractivity contribution is -0.228. The van der Waals surface area contributed by atoms with Crippen molar-refractivity contribution in [1.82, 2.24) is 15.0 Å². The van der Waals surface area contributed by atoms with Crippen LogP contribution >= 0.6 is 0 Å². The zero-order valence-corrected chi connectivity index (χ0v) is 14.4. The van der Waals surface area contributed by atoms with E-state index in [2.05, 4.69) is 22.5 Å². The van der Waals surface area contributed by atoms with Crippen molar-refractivity contribution >= 4 is 0 Å². The van der Waals surface area contributed by atoms with Gasteiger partial charge in [0.2, 0.25) is 0 Å². The molecule has 24 heavy (non-hydrogen) atoms. The Labute approximate surface area is 141 Å². The molecule has 132 valence electrons. The molecule has 7 heteroatoms. The Bertz CT molecular complexity index is 615. The van der Waals surface area contributed by atoms with Gasteiger partial charge >= 0.3 is 0 Å². The highest BCUT2D eigenvalue weighted by atomic mass is 16.8. The third-order valence-electron chi connectivity index (χ3n) is 4.90. The van der Waals surface area contributed by atoms with Crippen LogP contribution in [0.25, 0.3) is 0 Å². The minimum atomic E-state index is -0.617. The number of fused-ring (bicyclic) bond motifs is 1. The van der Waals surface area contributed by atoms with Crippen LogP contribution in [0.5, 0.6) is 0 Å². The van der Waals surface area contributed by atoms with Crippen LogP contribution < -0.4 is 0 Å². The first kappa shape index (κ1) is 16.2. The normalized spacial score (nSPS) is 37.7. The summed E-state index contributed by atoms with van der Waals surface area (Å²) in [7, 11) is 1.63. The van der Waals surface area contributed by atoms with Gasteiger partial charge in [-0.05, 0) is 33.1 Å². The lowest BCUT2D eigenvalue weighted by Crippen LogP contribution is -2.33. The van der Waals surface area contributed by atoms with Crippen LogP contribution in [0.15, 0.2) is 18.3 Å². The third-order valence-corrected chi connectivity index (χ3v) is 4.90. The maximum atomic E-state index is 6.01. The molecule has 7 nitrogen and oxygen atoms in total. The molecule has 0 spiro atoms. The van der Waals surface area contributed by atoms with Gasteiger partial charge in [-0.1, -0.05) is 17.4 Å². The van der Waals surface area contributed by atoms with Gasteiger partial charge in [0.1, 0.15) is 18.3 Å². The molecule has 3 aliphatic rings. The summed E-state index contributed by atoms with van der Waals surface area (Å²) in [6.45, 7) is 4.40. The molecule has 0 saturated carbocycles. The molecule has 0 amide bonds. The van der Waals surface area contributed by atoms with Crippen molar-refractivity contribution < 1.29 is 18.9 Å². The molecule has 0 radical (unpaired) electrons. The Morgan fingerprint density at radius 2 is 2.17 bits per heavy atom. The van der Waals surface area contributed by atoms with E-state index in [1.54, 1.807) is 7.11 Å². The van der Waals surface area contributed by atoms with Crippen molar-refractivity contribution in [2.75, 3.05) is 7.11 Å². The van der Waals surface area contributed by atoms with Crippen molar-refractivity contribution in [3.63, 3.8) is 0 Å². The summed E-state index contributed by atoms with van der Waals surface area (Å²) in [6.07, 6.45) is 9.03. The summed E-state index contributed by atoms with van der Waals surface area (Å²) in [5.41, 5.74) is 1.02. The van der Waals surface area contributed by atoms with E-state index in [0.717, 1.165) is 18.5 Å². The van der Waals surface area contributed by atoms with Crippen LogP contribution in [-0.4, -0.2) is 52.5 Å². The summed E-state index contributed by atoms with van der Waals surface area (Å²) >= 11 is 0. The van der Waals surface area contributed by atoms with Crippen LogP contribution in [0.4, 0.5) is 0 Å². The molecule has 1 aromatic heterocycles. The maximum absolute atomic E-state index is 6.01. The van der Waals surface area contributed by atoms with E-state index in [9.17, 15) is 0 Å². The second-order valence-electron chi connectivity index (χ2n) is 7.17. The van der Waals surface area contributed by atoms with Crippen LogP contribution in [0.2, 0.25) is 0 Å². The fourth-order valence-corrected chi connectivity index (χ4v) is 3.79. The molecule has 2 fully saturated rings. The smallest absolute Gasteiger partial charge is 0.186 e. The van der Waals surface area contributed by atoms with E-state index in [0.29, 0.717) is 12.5 Å². The van der Waals surface area contributed by atoms with Crippen LogP contribution in [0.3, 0.4) is 0 Å². The molecular weight excluding hydrogens is 310 g/mol. The molecule has 3 unspecified atom stereocenters. The van der Waals surface area contributed by atoms with Gasteiger partial charge in [0.15, 0.2) is 12.1 Å². The zero-order valence-electron chi connectivity index (χ0n) is 14.4. The Kier molecular flexibility index (Phi) is 4.20. The highest BCUT2D eigenvalue weighted by Crippen LogP contribution is 2.39. The third kappa shape index (κ3) is 3.01. The van der Waals surface area contributed by atoms with Crippen molar-refractivity contribution in [2.45, 2.75) is 76.0 Å². The first-order valence-corrected chi connectivity index (χ1v) is 8.66. The van der Waals surface area contributed by atoms with E-state index in [-0.39, 0.29) is 18.3 Å². The first-order valence-electron chi connectivity index (χ1n) is 8.66. The van der Waals surface area contributed by atoms with E-state index in [4.69, 9.17) is 18.9 Å². The second-order valence-corrected chi connectivity index (χ2v) is 7.17. The minimum Gasteiger partial charge on any atom is -0.353 e. The number of hydrogen-bond acceptors (Lipinski definition) is 6. The van der Waals surface area contributed by atoms with Gasteiger partial charge in [-0.15, -0.1) is 5.10 Å². The summed E-state index contributed by atoms with van der Waals surface area (Å²) in [4.78, 5) is 0. The fourth-order valence-electron chi connectivity index (χ4n) is 3.79. The molecule has 0 bridgehead atoms. The number of aromatic nitrogens is 3. The molecular formula is C17H25N3O4. The number of rotatable bonds is 4. The van der Waals surface area contributed by atoms with Crippen molar-refractivity contribution in [1.29, 1.82) is 0 Å². The molecule has 0 aromatic carbocycles. The molecule has 4 rings (SSSR count). The predicted octanol–water partition coefficient (Wildman–Crippen LogP) is 1.99. The van der Waals surface area contributed by atoms with Crippen LogP contribution in [0, 0.1) is 0 Å². The van der Waals surface area contributed by atoms with Crippen LogP contribution in [0.1, 0.15) is 44.7 Å². The van der Waals surface area contributed by atoms with Gasteiger partial charge in [-0.2, -0.15) is 0 Å². The first-order chi connectivity index (χ1) is 11.6. The monoisotopic (exact) mass is 335 g/mol.